The summed E-state index contributed by atoms with van der Waals surface area (Å²) < 4.78 is 0. The van der Waals surface area contributed by atoms with Gasteiger partial charge in [0.2, 0.25) is 0 Å². The number of nitrogens with one attached hydrogen (secondary N) is 2. The number of hydrogen-bond acceptors (Lipinski definition) is 5. The zero-order valence-electron chi connectivity index (χ0n) is 14.4. The van der Waals surface area contributed by atoms with E-state index in [-0.39, 0.29) is 22.1 Å². The lowest BCUT2D eigenvalue weighted by Gasteiger charge is -2.14. The molecule has 0 radical (unpaired) electrons. The lowest BCUT2D eigenvalue weighted by atomic mass is 9.98. The zero-order chi connectivity index (χ0) is 19.3. The molecule has 0 aromatic heterocycles. The molecule has 26 heavy (non-hydrogen) atoms. The summed E-state index contributed by atoms with van der Waals surface area (Å²) in [5, 5.41) is 26.1. The Hall–Kier alpha value is -3.00. The van der Waals surface area contributed by atoms with Gasteiger partial charge in [-0.3, -0.25) is 20.2 Å². The van der Waals surface area contributed by atoms with Crippen molar-refractivity contribution in [2.24, 2.45) is 0 Å². The van der Waals surface area contributed by atoms with E-state index in [0.29, 0.717) is 11.6 Å². The monoisotopic (exact) mass is 373 g/mol. The molecule has 0 aliphatic rings. The lowest BCUT2D eigenvalue weighted by Crippen LogP contribution is -2.34. The Balaban J connectivity index is 2.14. The normalized spacial score (nSPS) is 11.5. The fourth-order valence-corrected chi connectivity index (χ4v) is 2.55. The van der Waals surface area contributed by atoms with Crippen molar-refractivity contribution in [3.8, 4) is 5.75 Å². The highest BCUT2D eigenvalue weighted by atomic mass is 32.1. The summed E-state index contributed by atoms with van der Waals surface area (Å²) in [5.74, 6) is -0.419. The van der Waals surface area contributed by atoms with Crippen molar-refractivity contribution in [2.45, 2.75) is 26.2 Å². The van der Waals surface area contributed by atoms with Gasteiger partial charge in [-0.05, 0) is 48.3 Å². The number of carbonyl (C=O) groups is 1. The number of nitrogens with zero attached hydrogens (tertiary/aromatic N) is 1. The number of benzene rings is 2. The standard InChI is InChI=1S/C18H19N3O4S/c1-3-11(2)12-8-9-16(22)14(10-12)19-18(26)20-17(23)13-6-4-5-7-15(13)21(24)25/h4-11,22H,3H2,1-2H3,(H2,19,20,23,26). The fourth-order valence-electron chi connectivity index (χ4n) is 2.34. The molecule has 3 N–H and O–H groups in total. The van der Waals surface area contributed by atoms with Crippen LogP contribution < -0.4 is 10.6 Å². The van der Waals surface area contributed by atoms with Gasteiger partial charge in [0.1, 0.15) is 11.3 Å². The second kappa shape index (κ2) is 8.39. The Morgan fingerprint density at radius 2 is 2.00 bits per heavy atom. The van der Waals surface area contributed by atoms with Crippen LogP contribution in [0.5, 0.6) is 5.75 Å². The van der Waals surface area contributed by atoms with E-state index in [0.717, 1.165) is 12.0 Å². The van der Waals surface area contributed by atoms with Gasteiger partial charge >= 0.3 is 0 Å². The van der Waals surface area contributed by atoms with Crippen molar-refractivity contribution >= 4 is 34.6 Å². The van der Waals surface area contributed by atoms with Crippen LogP contribution >= 0.6 is 12.2 Å². The number of phenolic OH excluding ortho intramolecular Hbond substituents is 1. The minimum absolute atomic E-state index is 0.0145. The summed E-state index contributed by atoms with van der Waals surface area (Å²) >= 11 is 5.09. The van der Waals surface area contributed by atoms with E-state index < -0.39 is 10.8 Å². The lowest BCUT2D eigenvalue weighted by molar-refractivity contribution is -0.385. The highest BCUT2D eigenvalue weighted by molar-refractivity contribution is 7.80. The third-order valence-corrected chi connectivity index (χ3v) is 4.23. The van der Waals surface area contributed by atoms with Gasteiger partial charge in [-0.25, -0.2) is 0 Å². The topological polar surface area (TPSA) is 104 Å². The molecule has 136 valence electrons. The molecule has 7 nitrogen and oxygen atoms in total. The van der Waals surface area contributed by atoms with Gasteiger partial charge in [-0.2, -0.15) is 0 Å². The maximum atomic E-state index is 12.3. The molecule has 0 bridgehead atoms. The molecule has 0 saturated heterocycles. The molecule has 0 fully saturated rings. The first-order chi connectivity index (χ1) is 12.3. The molecular formula is C18H19N3O4S. The van der Waals surface area contributed by atoms with Crippen LogP contribution in [-0.2, 0) is 0 Å². The van der Waals surface area contributed by atoms with Crippen LogP contribution in [0.3, 0.4) is 0 Å². The molecule has 2 rings (SSSR count). The summed E-state index contributed by atoms with van der Waals surface area (Å²) in [6.07, 6.45) is 0.934. The predicted octanol–water partition coefficient (Wildman–Crippen LogP) is 3.94. The van der Waals surface area contributed by atoms with Gasteiger partial charge in [0.15, 0.2) is 5.11 Å². The number of nitro groups is 1. The minimum Gasteiger partial charge on any atom is -0.506 e. The second-order valence-corrected chi connectivity index (χ2v) is 6.18. The summed E-state index contributed by atoms with van der Waals surface area (Å²) in [4.78, 5) is 22.7. The van der Waals surface area contributed by atoms with Crippen molar-refractivity contribution in [2.75, 3.05) is 5.32 Å². The van der Waals surface area contributed by atoms with Crippen molar-refractivity contribution in [3.05, 3.63) is 63.7 Å². The van der Waals surface area contributed by atoms with Gasteiger partial charge in [0.05, 0.1) is 10.6 Å². The summed E-state index contributed by atoms with van der Waals surface area (Å²) in [5.41, 5.74) is 0.963. The van der Waals surface area contributed by atoms with E-state index in [1.54, 1.807) is 12.1 Å². The maximum absolute atomic E-state index is 12.3. The molecule has 1 unspecified atom stereocenters. The molecule has 0 heterocycles. The summed E-state index contributed by atoms with van der Waals surface area (Å²) in [6.45, 7) is 4.12. The van der Waals surface area contributed by atoms with Crippen molar-refractivity contribution in [1.82, 2.24) is 5.32 Å². The van der Waals surface area contributed by atoms with Gasteiger partial charge in [-0.1, -0.05) is 32.0 Å². The van der Waals surface area contributed by atoms with Crippen LogP contribution in [0.1, 0.15) is 42.1 Å². The number of nitro benzene ring substituents is 1. The molecule has 2 aromatic carbocycles. The largest absolute Gasteiger partial charge is 0.506 e. The minimum atomic E-state index is -0.702. The highest BCUT2D eigenvalue weighted by Crippen LogP contribution is 2.29. The molecule has 1 atom stereocenters. The van der Waals surface area contributed by atoms with Crippen LogP contribution in [0.4, 0.5) is 11.4 Å². The molecule has 0 spiro atoms. The maximum Gasteiger partial charge on any atom is 0.282 e. The Labute approximate surface area is 156 Å². The van der Waals surface area contributed by atoms with Crippen LogP contribution in [-0.4, -0.2) is 21.0 Å². The third-order valence-electron chi connectivity index (χ3n) is 4.02. The number of amides is 1. The van der Waals surface area contributed by atoms with E-state index in [9.17, 15) is 20.0 Å². The SMILES string of the molecule is CCC(C)c1ccc(O)c(NC(=S)NC(=O)c2ccccc2[N+](=O)[O-])c1. The van der Waals surface area contributed by atoms with Crippen molar-refractivity contribution in [3.63, 3.8) is 0 Å². The van der Waals surface area contributed by atoms with Crippen LogP contribution in [0.2, 0.25) is 0 Å². The summed E-state index contributed by atoms with van der Waals surface area (Å²) in [7, 11) is 0. The highest BCUT2D eigenvalue weighted by Gasteiger charge is 2.20. The molecule has 0 aliphatic heterocycles. The number of carbonyl (C=O) groups excluding carboxylic acids is 1. The molecular weight excluding hydrogens is 354 g/mol. The van der Waals surface area contributed by atoms with Crippen LogP contribution in [0, 0.1) is 10.1 Å². The first-order valence-electron chi connectivity index (χ1n) is 8.02. The fraction of sp³-hybridized carbons (Fsp3) is 0.222. The third kappa shape index (κ3) is 4.54. The van der Waals surface area contributed by atoms with E-state index in [4.69, 9.17) is 12.2 Å². The number of para-hydroxylation sites is 1. The second-order valence-electron chi connectivity index (χ2n) is 5.77. The smallest absolute Gasteiger partial charge is 0.282 e. The van der Waals surface area contributed by atoms with E-state index in [1.807, 2.05) is 6.07 Å². The van der Waals surface area contributed by atoms with Crippen molar-refractivity contribution in [1.29, 1.82) is 0 Å². The zero-order valence-corrected chi connectivity index (χ0v) is 15.2. The molecule has 0 aliphatic carbocycles. The van der Waals surface area contributed by atoms with Gasteiger partial charge in [-0.15, -0.1) is 0 Å². The number of hydrogen-bond donors (Lipinski definition) is 3. The average Bonchev–Trinajstić information content (AvgIpc) is 2.62. The van der Waals surface area contributed by atoms with E-state index in [1.165, 1.54) is 24.3 Å². The first-order valence-corrected chi connectivity index (χ1v) is 8.43. The predicted molar refractivity (Wildman–Crippen MR) is 104 cm³/mol. The number of thiocarbonyl (C=S) groups is 1. The molecule has 8 heteroatoms. The van der Waals surface area contributed by atoms with Crippen LogP contribution in [0.25, 0.3) is 0 Å². The van der Waals surface area contributed by atoms with Gasteiger partial charge in [0.25, 0.3) is 11.6 Å². The average molecular weight is 373 g/mol. The van der Waals surface area contributed by atoms with E-state index in [2.05, 4.69) is 24.5 Å². The Kier molecular flexibility index (Phi) is 6.24. The Morgan fingerprint density at radius 3 is 2.65 bits per heavy atom. The molecule has 1 amide bonds. The Bertz CT molecular complexity index is 854. The quantitative estimate of drug-likeness (QED) is 0.317. The number of anilines is 1. The molecule has 0 saturated carbocycles. The van der Waals surface area contributed by atoms with Crippen molar-refractivity contribution < 1.29 is 14.8 Å². The number of rotatable bonds is 5. The van der Waals surface area contributed by atoms with Gasteiger partial charge < -0.3 is 10.4 Å². The number of aromatic hydroxyl groups is 1. The molecule has 2 aromatic rings. The number of phenols is 1. The summed E-state index contributed by atoms with van der Waals surface area (Å²) in [6, 6.07) is 10.7. The van der Waals surface area contributed by atoms with Crippen LogP contribution in [0.15, 0.2) is 42.5 Å². The Morgan fingerprint density at radius 1 is 1.31 bits per heavy atom. The van der Waals surface area contributed by atoms with E-state index >= 15 is 0 Å². The first kappa shape index (κ1) is 19.3. The van der Waals surface area contributed by atoms with Gasteiger partial charge in [0, 0.05) is 6.07 Å².